The van der Waals surface area contributed by atoms with Gasteiger partial charge >= 0.3 is 12.1 Å². The molecule has 0 bridgehead atoms. The van der Waals surface area contributed by atoms with Crippen LogP contribution >= 0.6 is 0 Å². The van der Waals surface area contributed by atoms with Crippen molar-refractivity contribution in [2.45, 2.75) is 24.2 Å². The lowest BCUT2D eigenvalue weighted by molar-refractivity contribution is -0.175. The van der Waals surface area contributed by atoms with Gasteiger partial charge < -0.3 is 15.5 Å². The van der Waals surface area contributed by atoms with Crippen molar-refractivity contribution in [3.63, 3.8) is 0 Å². The minimum atomic E-state index is -5.16. The number of benzene rings is 2. The van der Waals surface area contributed by atoms with Crippen molar-refractivity contribution >= 4 is 5.91 Å². The average molecular weight is 432 g/mol. The first-order valence-corrected chi connectivity index (χ1v) is 9.10. The van der Waals surface area contributed by atoms with Crippen LogP contribution in [0.4, 0.5) is 13.2 Å². The molecule has 0 unspecified atom stereocenters. The Hall–Kier alpha value is -3.51. The number of azide groups is 1. The van der Waals surface area contributed by atoms with E-state index in [4.69, 9.17) is 5.53 Å². The van der Waals surface area contributed by atoms with E-state index in [1.807, 2.05) is 30.3 Å². The molecule has 3 N–H and O–H groups in total. The zero-order chi connectivity index (χ0) is 22.9. The molecule has 0 aliphatic heterocycles. The van der Waals surface area contributed by atoms with E-state index >= 15 is 0 Å². The van der Waals surface area contributed by atoms with Crippen molar-refractivity contribution in [1.29, 1.82) is 0 Å². The molecule has 2 rings (SSSR count). The molecule has 2 aromatic carbocycles. The van der Waals surface area contributed by atoms with Gasteiger partial charge in [0.1, 0.15) is 0 Å². The highest BCUT2D eigenvalue weighted by Gasteiger charge is 2.41. The summed E-state index contributed by atoms with van der Waals surface area (Å²) in [4.78, 5) is 13.9. The number of hydrogen-bond donors (Lipinski definition) is 3. The second-order valence-corrected chi connectivity index (χ2v) is 6.50. The predicted octanol–water partition coefficient (Wildman–Crippen LogP) is 2.88. The maximum atomic E-state index is 12.7. The first kappa shape index (κ1) is 23.8. The number of aliphatic hydroxyl groups is 2. The van der Waals surface area contributed by atoms with Crippen LogP contribution in [0.2, 0.25) is 0 Å². The molecule has 0 aromatic heterocycles. The molecule has 3 atom stereocenters. The molecule has 162 valence electrons. The molecular weight excluding hydrogens is 413 g/mol. The highest BCUT2D eigenvalue weighted by molar-refractivity contribution is 5.82. The normalized spacial score (nSPS) is 13.7. The summed E-state index contributed by atoms with van der Waals surface area (Å²) in [6, 6.07) is 14.0. The molecule has 0 aliphatic rings. The number of halogens is 3. The number of amides is 1. The fourth-order valence-electron chi connectivity index (χ4n) is 2.91. The van der Waals surface area contributed by atoms with Crippen molar-refractivity contribution in [2.24, 2.45) is 5.11 Å². The van der Waals surface area contributed by atoms with E-state index in [-0.39, 0.29) is 0 Å². The number of rotatable bonds is 7. The molecule has 0 fully saturated rings. The Labute approximate surface area is 176 Å². The van der Waals surface area contributed by atoms with E-state index in [0.717, 1.165) is 5.56 Å². The van der Waals surface area contributed by atoms with Gasteiger partial charge in [-0.25, -0.2) is 0 Å². The number of hydrogen-bond acceptors (Lipinski definition) is 4. The molecule has 7 nitrogen and oxygen atoms in total. The summed E-state index contributed by atoms with van der Waals surface area (Å²) in [5, 5.41) is 24.9. The molecule has 1 amide bonds. The number of carbonyl (C=O) groups excluding carboxylic acids is 1. The fraction of sp³-hybridized carbons (Fsp3) is 0.286. The third kappa shape index (κ3) is 7.04. The Morgan fingerprint density at radius 2 is 1.68 bits per heavy atom. The third-order valence-corrected chi connectivity index (χ3v) is 4.37. The van der Waals surface area contributed by atoms with Crippen LogP contribution in [0.1, 0.15) is 22.6 Å². The van der Waals surface area contributed by atoms with Gasteiger partial charge in [0.25, 0.3) is 0 Å². The Kier molecular flexibility index (Phi) is 8.46. The van der Waals surface area contributed by atoms with Crippen LogP contribution in [0.3, 0.4) is 0 Å². The number of carbonyl (C=O) groups is 1. The predicted molar refractivity (Wildman–Crippen MR) is 107 cm³/mol. The van der Waals surface area contributed by atoms with Crippen LogP contribution in [0.25, 0.3) is 10.4 Å². The molecule has 0 saturated carbocycles. The van der Waals surface area contributed by atoms with Crippen molar-refractivity contribution in [2.75, 3.05) is 13.2 Å². The molecule has 0 saturated heterocycles. The van der Waals surface area contributed by atoms with E-state index in [2.05, 4.69) is 21.9 Å². The Morgan fingerprint density at radius 3 is 2.19 bits per heavy atom. The van der Waals surface area contributed by atoms with Gasteiger partial charge in [-0.2, -0.15) is 13.2 Å². The van der Waals surface area contributed by atoms with E-state index in [9.17, 15) is 28.2 Å². The summed E-state index contributed by atoms with van der Waals surface area (Å²) in [6.07, 6.45) is -6.62. The van der Waals surface area contributed by atoms with Crippen molar-refractivity contribution in [1.82, 2.24) is 5.32 Å². The molecule has 0 spiro atoms. The van der Waals surface area contributed by atoms with E-state index in [0.29, 0.717) is 11.1 Å². The summed E-state index contributed by atoms with van der Waals surface area (Å²) >= 11 is 0. The van der Waals surface area contributed by atoms with Crippen molar-refractivity contribution in [3.8, 4) is 11.8 Å². The maximum Gasteiger partial charge on any atom is 0.471 e. The molecule has 0 aliphatic carbocycles. The quantitative estimate of drug-likeness (QED) is 0.270. The SMILES string of the molecule is [N-]=[N+]=NC[C@@H](O)[C@@H](c1ccc(C#Cc2ccccc2)cc1)[C@@H](CO)NC(=O)C(F)(F)F. The molecule has 2 aromatic rings. The van der Waals surface area contributed by atoms with Gasteiger partial charge in [0.15, 0.2) is 0 Å². The van der Waals surface area contributed by atoms with Crippen molar-refractivity contribution in [3.05, 3.63) is 81.7 Å². The largest absolute Gasteiger partial charge is 0.471 e. The number of alkyl halides is 3. The number of nitrogens with zero attached hydrogens (tertiary/aromatic N) is 3. The third-order valence-electron chi connectivity index (χ3n) is 4.37. The number of nitrogens with one attached hydrogen (secondary N) is 1. The van der Waals surface area contributed by atoms with Crippen molar-refractivity contribution < 1.29 is 28.2 Å². The standard InChI is InChI=1S/C21H19F3N4O3/c22-21(23,24)20(31)27-17(13-29)19(18(30)12-26-28-25)16-10-8-15(9-11-16)7-6-14-4-2-1-3-5-14/h1-5,8-11,17-19,29-30H,12-13H2,(H,27,31)/t17-,18-,19+/m1/s1. The summed E-state index contributed by atoms with van der Waals surface area (Å²) in [6.45, 7) is -1.34. The summed E-state index contributed by atoms with van der Waals surface area (Å²) in [5.41, 5.74) is 10.2. The zero-order valence-corrected chi connectivity index (χ0v) is 16.1. The van der Waals surface area contributed by atoms with Gasteiger partial charge in [0.2, 0.25) is 0 Å². The van der Waals surface area contributed by atoms with E-state index in [1.54, 1.807) is 17.4 Å². The minimum Gasteiger partial charge on any atom is -0.394 e. The lowest BCUT2D eigenvalue weighted by Gasteiger charge is -2.30. The van der Waals surface area contributed by atoms with Crippen LogP contribution in [-0.4, -0.2) is 47.6 Å². The molecule has 31 heavy (non-hydrogen) atoms. The first-order chi connectivity index (χ1) is 14.8. The van der Waals surface area contributed by atoms with Crippen LogP contribution < -0.4 is 5.32 Å². The van der Waals surface area contributed by atoms with Gasteiger partial charge in [-0.15, -0.1) is 0 Å². The van der Waals surface area contributed by atoms with Crippen LogP contribution in [0, 0.1) is 11.8 Å². The van der Waals surface area contributed by atoms with Crippen LogP contribution in [0.5, 0.6) is 0 Å². The molecule has 10 heteroatoms. The Bertz CT molecular complexity index is 979. The Morgan fingerprint density at radius 1 is 1.10 bits per heavy atom. The topological polar surface area (TPSA) is 118 Å². The van der Waals surface area contributed by atoms with Gasteiger partial charge in [-0.3, -0.25) is 4.79 Å². The second-order valence-electron chi connectivity index (χ2n) is 6.50. The van der Waals surface area contributed by atoms with Gasteiger partial charge in [0.05, 0.1) is 25.3 Å². The van der Waals surface area contributed by atoms with Gasteiger partial charge in [0, 0.05) is 22.0 Å². The van der Waals surface area contributed by atoms with Crippen LogP contribution in [0.15, 0.2) is 59.7 Å². The highest BCUT2D eigenvalue weighted by atomic mass is 19.4. The highest BCUT2D eigenvalue weighted by Crippen LogP contribution is 2.26. The summed E-state index contributed by atoms with van der Waals surface area (Å²) < 4.78 is 38.0. The van der Waals surface area contributed by atoms with Gasteiger partial charge in [-0.05, 0) is 35.4 Å². The van der Waals surface area contributed by atoms with E-state index in [1.165, 1.54) is 12.1 Å². The lowest BCUT2D eigenvalue weighted by atomic mass is 9.86. The molecular formula is C21H19F3N4O3. The Balaban J connectivity index is 2.31. The smallest absolute Gasteiger partial charge is 0.394 e. The zero-order valence-electron chi connectivity index (χ0n) is 16.1. The molecule has 0 radical (unpaired) electrons. The second kappa shape index (κ2) is 11.0. The first-order valence-electron chi connectivity index (χ1n) is 9.10. The fourth-order valence-corrected chi connectivity index (χ4v) is 2.91. The van der Waals surface area contributed by atoms with Gasteiger partial charge in [-0.1, -0.05) is 47.3 Å². The maximum absolute atomic E-state index is 12.7. The molecule has 0 heterocycles. The average Bonchev–Trinajstić information content (AvgIpc) is 2.76. The minimum absolute atomic E-state index is 0.326. The van der Waals surface area contributed by atoms with Crippen LogP contribution in [-0.2, 0) is 4.79 Å². The lowest BCUT2D eigenvalue weighted by Crippen LogP contribution is -2.50. The monoisotopic (exact) mass is 432 g/mol. The summed E-state index contributed by atoms with van der Waals surface area (Å²) in [5.74, 6) is 2.48. The summed E-state index contributed by atoms with van der Waals surface area (Å²) in [7, 11) is 0. The number of aliphatic hydroxyl groups excluding tert-OH is 2. The van der Waals surface area contributed by atoms with E-state index < -0.39 is 43.3 Å².